The van der Waals surface area contributed by atoms with Crippen LogP contribution in [-0.2, 0) is 20.5 Å². The third-order valence-corrected chi connectivity index (χ3v) is 4.54. The highest BCUT2D eigenvalue weighted by Gasteiger charge is 2.35. The molecule has 0 spiro atoms. The number of carbonyl (C=O) groups excluding carboxylic acids is 1. The quantitative estimate of drug-likeness (QED) is 0.831. The van der Waals surface area contributed by atoms with Gasteiger partial charge in [0.05, 0.1) is 5.56 Å². The van der Waals surface area contributed by atoms with Gasteiger partial charge in [-0.15, -0.1) is 0 Å². The molecule has 144 valence electrons. The molecule has 1 amide bonds. The number of hydrogen-bond acceptors (Lipinski definition) is 3. The number of amides is 1. The van der Waals surface area contributed by atoms with E-state index in [9.17, 15) is 22.8 Å². The number of halogens is 3. The third-order valence-electron chi connectivity index (χ3n) is 4.54. The fourth-order valence-corrected chi connectivity index (χ4v) is 3.24. The summed E-state index contributed by atoms with van der Waals surface area (Å²) in [4.78, 5) is 25.0. The molecule has 26 heavy (non-hydrogen) atoms. The molecule has 0 bridgehead atoms. The molecule has 0 unspecified atom stereocenters. The van der Waals surface area contributed by atoms with Crippen LogP contribution in [0.15, 0.2) is 24.3 Å². The highest BCUT2D eigenvalue weighted by atomic mass is 19.4. The smallest absolute Gasteiger partial charge is 0.416 e. The second-order valence-corrected chi connectivity index (χ2v) is 6.45. The van der Waals surface area contributed by atoms with E-state index in [-0.39, 0.29) is 18.0 Å². The van der Waals surface area contributed by atoms with Crippen LogP contribution in [-0.4, -0.2) is 47.7 Å². The van der Waals surface area contributed by atoms with Crippen molar-refractivity contribution in [1.29, 1.82) is 0 Å². The van der Waals surface area contributed by atoms with E-state index in [0.717, 1.165) is 6.07 Å². The highest BCUT2D eigenvalue weighted by molar-refractivity contribution is 5.82. The van der Waals surface area contributed by atoms with Crippen molar-refractivity contribution >= 4 is 11.9 Å². The van der Waals surface area contributed by atoms with Gasteiger partial charge in [-0.1, -0.05) is 25.1 Å². The number of aliphatic carboxylic acids is 1. The largest absolute Gasteiger partial charge is 0.480 e. The summed E-state index contributed by atoms with van der Waals surface area (Å²) in [5, 5.41) is 9.09. The molecule has 1 aromatic carbocycles. The van der Waals surface area contributed by atoms with Crippen LogP contribution in [0, 0.1) is 0 Å². The van der Waals surface area contributed by atoms with Crippen molar-refractivity contribution in [2.75, 3.05) is 19.8 Å². The van der Waals surface area contributed by atoms with Crippen LogP contribution in [0.2, 0.25) is 0 Å². The normalized spacial score (nSPS) is 16.9. The van der Waals surface area contributed by atoms with Gasteiger partial charge in [0.25, 0.3) is 0 Å². The molecule has 0 aliphatic carbocycles. The number of alkyl halides is 3. The summed E-state index contributed by atoms with van der Waals surface area (Å²) in [6.45, 7) is 1.95. The van der Waals surface area contributed by atoms with Gasteiger partial charge in [0.1, 0.15) is 6.54 Å². The molecule has 1 atom stereocenters. The molecule has 1 saturated heterocycles. The molecule has 1 aromatic rings. The fourth-order valence-electron chi connectivity index (χ4n) is 3.24. The average Bonchev–Trinajstić information content (AvgIpc) is 2.59. The molecule has 8 heteroatoms. The molecular formula is C18H22F3NO4. The zero-order valence-electron chi connectivity index (χ0n) is 14.5. The van der Waals surface area contributed by atoms with Gasteiger partial charge in [-0.2, -0.15) is 13.2 Å². The topological polar surface area (TPSA) is 66.8 Å². The Morgan fingerprint density at radius 3 is 2.46 bits per heavy atom. The summed E-state index contributed by atoms with van der Waals surface area (Å²) < 4.78 is 44.8. The van der Waals surface area contributed by atoms with E-state index >= 15 is 0 Å². The number of hydrogen-bond donors (Lipinski definition) is 1. The number of ether oxygens (including phenoxy) is 1. The monoisotopic (exact) mass is 373 g/mol. The first-order valence-corrected chi connectivity index (χ1v) is 8.45. The number of carbonyl (C=O) groups is 2. The Labute approximate surface area is 149 Å². The van der Waals surface area contributed by atoms with Gasteiger partial charge in [-0.25, -0.2) is 0 Å². The van der Waals surface area contributed by atoms with Gasteiger partial charge in [0.2, 0.25) is 5.91 Å². The van der Waals surface area contributed by atoms with E-state index in [1.165, 1.54) is 23.1 Å². The van der Waals surface area contributed by atoms with E-state index in [2.05, 4.69) is 0 Å². The lowest BCUT2D eigenvalue weighted by Gasteiger charge is -2.34. The molecular weight excluding hydrogens is 351 g/mol. The minimum Gasteiger partial charge on any atom is -0.480 e. The van der Waals surface area contributed by atoms with E-state index in [0.29, 0.717) is 26.1 Å². The summed E-state index contributed by atoms with van der Waals surface area (Å²) in [6, 6.07) is 4.89. The van der Waals surface area contributed by atoms with Crippen molar-refractivity contribution in [1.82, 2.24) is 4.90 Å². The number of nitrogens with zero attached hydrogens (tertiary/aromatic N) is 1. The summed E-state index contributed by atoms with van der Waals surface area (Å²) >= 11 is 0. The standard InChI is InChI=1S/C18H22F3NO4/c1-12(14-4-2-3-5-15(14)18(19,20)21)10-16(23)22(11-17(24)25)13-6-8-26-9-7-13/h2-5,12-13H,6-11H2,1H3,(H,24,25)/t12-/m1/s1. The Kier molecular flexibility index (Phi) is 6.63. The molecule has 0 saturated carbocycles. The van der Waals surface area contributed by atoms with Crippen molar-refractivity contribution in [3.8, 4) is 0 Å². The van der Waals surface area contributed by atoms with Crippen LogP contribution in [0.25, 0.3) is 0 Å². The highest BCUT2D eigenvalue weighted by Crippen LogP contribution is 2.36. The summed E-state index contributed by atoms with van der Waals surface area (Å²) in [5.41, 5.74) is -0.730. The first-order chi connectivity index (χ1) is 12.2. The van der Waals surface area contributed by atoms with Crippen LogP contribution in [0.5, 0.6) is 0 Å². The lowest BCUT2D eigenvalue weighted by molar-refractivity contribution is -0.148. The Bertz CT molecular complexity index is 642. The molecule has 0 aromatic heterocycles. The van der Waals surface area contributed by atoms with Crippen LogP contribution in [0.1, 0.15) is 43.2 Å². The molecule has 2 rings (SSSR count). The first kappa shape index (κ1) is 20.2. The maximum atomic E-state index is 13.2. The SMILES string of the molecule is C[C@H](CC(=O)N(CC(=O)O)C1CCOCC1)c1ccccc1C(F)(F)F. The maximum absolute atomic E-state index is 13.2. The minimum absolute atomic E-state index is 0.0376. The van der Waals surface area contributed by atoms with Gasteiger partial charge in [0.15, 0.2) is 0 Å². The molecule has 1 aliphatic rings. The van der Waals surface area contributed by atoms with Gasteiger partial charge >= 0.3 is 12.1 Å². The van der Waals surface area contributed by atoms with E-state index in [1.54, 1.807) is 6.92 Å². The van der Waals surface area contributed by atoms with Crippen LogP contribution in [0.4, 0.5) is 13.2 Å². The average molecular weight is 373 g/mol. The van der Waals surface area contributed by atoms with Gasteiger partial charge in [-0.3, -0.25) is 9.59 Å². The van der Waals surface area contributed by atoms with Gasteiger partial charge in [0, 0.05) is 25.7 Å². The summed E-state index contributed by atoms with van der Waals surface area (Å²) in [6.07, 6.45) is -3.65. The predicted molar refractivity (Wildman–Crippen MR) is 87.7 cm³/mol. The van der Waals surface area contributed by atoms with Crippen molar-refractivity contribution < 1.29 is 32.6 Å². The maximum Gasteiger partial charge on any atom is 0.416 e. The number of carboxylic acid groups (broad SMARTS) is 1. The number of benzene rings is 1. The third kappa shape index (κ3) is 5.20. The Hall–Kier alpha value is -2.09. The summed E-state index contributed by atoms with van der Waals surface area (Å²) in [7, 11) is 0. The Morgan fingerprint density at radius 2 is 1.88 bits per heavy atom. The predicted octanol–water partition coefficient (Wildman–Crippen LogP) is 3.29. The zero-order valence-corrected chi connectivity index (χ0v) is 14.5. The number of rotatable bonds is 6. The Morgan fingerprint density at radius 1 is 1.27 bits per heavy atom. The zero-order chi connectivity index (χ0) is 19.3. The van der Waals surface area contributed by atoms with E-state index in [1.807, 2.05) is 0 Å². The first-order valence-electron chi connectivity index (χ1n) is 8.45. The molecule has 1 aliphatic heterocycles. The van der Waals surface area contributed by atoms with Crippen LogP contribution in [0.3, 0.4) is 0 Å². The second kappa shape index (κ2) is 8.53. The molecule has 0 radical (unpaired) electrons. The second-order valence-electron chi connectivity index (χ2n) is 6.45. The lowest BCUT2D eigenvalue weighted by atomic mass is 9.92. The number of carboxylic acids is 1. The van der Waals surface area contributed by atoms with Crippen molar-refractivity contribution in [3.63, 3.8) is 0 Å². The van der Waals surface area contributed by atoms with E-state index < -0.39 is 36.1 Å². The van der Waals surface area contributed by atoms with Crippen LogP contribution >= 0.6 is 0 Å². The van der Waals surface area contributed by atoms with E-state index in [4.69, 9.17) is 9.84 Å². The summed E-state index contributed by atoms with van der Waals surface area (Å²) in [5.74, 6) is -2.28. The van der Waals surface area contributed by atoms with Crippen molar-refractivity contribution in [3.05, 3.63) is 35.4 Å². The Balaban J connectivity index is 2.16. The molecule has 5 nitrogen and oxygen atoms in total. The molecule has 1 fully saturated rings. The van der Waals surface area contributed by atoms with Gasteiger partial charge in [-0.05, 0) is 30.4 Å². The fraction of sp³-hybridized carbons (Fsp3) is 0.556. The molecule has 1 heterocycles. The van der Waals surface area contributed by atoms with Gasteiger partial charge < -0.3 is 14.7 Å². The molecule has 1 N–H and O–H groups in total. The van der Waals surface area contributed by atoms with Crippen molar-refractivity contribution in [2.24, 2.45) is 0 Å². The van der Waals surface area contributed by atoms with Crippen LogP contribution < -0.4 is 0 Å². The van der Waals surface area contributed by atoms with Crippen molar-refractivity contribution in [2.45, 2.75) is 44.3 Å². The lowest BCUT2D eigenvalue weighted by Crippen LogP contribution is -2.46. The minimum atomic E-state index is -4.50.